The van der Waals surface area contributed by atoms with Gasteiger partial charge in [0.25, 0.3) is 5.91 Å². The molecule has 274 valence electrons. The highest BCUT2D eigenvalue weighted by molar-refractivity contribution is 5.96. The number of allylic oxidation sites excluding steroid dienone is 3. The number of nitrogens with zero attached hydrogens (tertiary/aromatic N) is 5. The van der Waals surface area contributed by atoms with Gasteiger partial charge in [0.2, 0.25) is 5.88 Å². The van der Waals surface area contributed by atoms with Gasteiger partial charge in [-0.1, -0.05) is 92.0 Å². The molecule has 2 aliphatic heterocycles. The van der Waals surface area contributed by atoms with E-state index in [0.29, 0.717) is 29.9 Å². The van der Waals surface area contributed by atoms with Crippen LogP contribution in [0.1, 0.15) is 116 Å². The van der Waals surface area contributed by atoms with E-state index < -0.39 is 5.91 Å². The normalized spacial score (nSPS) is 16.3. The molecule has 9 heteroatoms. The van der Waals surface area contributed by atoms with Crippen LogP contribution in [-0.2, 0) is 6.42 Å². The van der Waals surface area contributed by atoms with Crippen LogP contribution in [0, 0.1) is 0 Å². The standard InChI is InChI=1S/C31H49N7O2.C7H12.C2H6/c1-5-8-10-26(9-6-2)40-31-27(7-3)34-28(29(32)39)30(35-31)33-23-11-13-24(14-12-23)37-17-15-25(16-18-37)38-21-19-36(4)20-22-38;1-3-5-7-6-4-2;1-2/h11-14,25-26H,5-10,15-22H2,1-4H3,(H2,32,39)(H,33,35);3,5,7H,1,4,6H2,2H3;1-2H3/b;7-5+;. The zero-order valence-corrected chi connectivity index (χ0v) is 31.8. The average Bonchev–Trinajstić information content (AvgIpc) is 3.13. The maximum atomic E-state index is 12.3. The van der Waals surface area contributed by atoms with Gasteiger partial charge in [-0.15, -0.1) is 0 Å². The number of piperidine rings is 1. The summed E-state index contributed by atoms with van der Waals surface area (Å²) in [6.45, 7) is 22.9. The van der Waals surface area contributed by atoms with E-state index in [0.717, 1.165) is 50.9 Å². The molecule has 1 aromatic heterocycles. The van der Waals surface area contributed by atoms with Crippen molar-refractivity contribution in [3.63, 3.8) is 0 Å². The van der Waals surface area contributed by atoms with Gasteiger partial charge in [-0.2, -0.15) is 4.98 Å². The molecule has 1 atom stereocenters. The number of ether oxygens (including phenoxy) is 1. The maximum absolute atomic E-state index is 12.3. The smallest absolute Gasteiger partial charge is 0.271 e. The number of carbonyl (C=O) groups excluding carboxylic acids is 1. The summed E-state index contributed by atoms with van der Waals surface area (Å²) in [6.07, 6.45) is 16.6. The van der Waals surface area contributed by atoms with Gasteiger partial charge in [0, 0.05) is 56.7 Å². The first-order valence-corrected chi connectivity index (χ1v) is 19.0. The SMILES string of the molecule is C=C/C=C/CCC.CC.CCCCC(CCC)Oc1nc(Nc2ccc(N3CCC(N4CCN(C)CC4)CC3)cc2)c(C(N)=O)nc1CC. The third-order valence-corrected chi connectivity index (χ3v) is 9.01. The van der Waals surface area contributed by atoms with E-state index in [-0.39, 0.29) is 11.8 Å². The van der Waals surface area contributed by atoms with E-state index in [1.54, 1.807) is 6.08 Å². The van der Waals surface area contributed by atoms with Gasteiger partial charge in [-0.05, 0) is 69.8 Å². The quantitative estimate of drug-likeness (QED) is 0.171. The number of nitrogens with one attached hydrogen (secondary N) is 1. The van der Waals surface area contributed by atoms with Crippen molar-refractivity contribution in [1.29, 1.82) is 0 Å². The number of hydrogen-bond acceptors (Lipinski definition) is 8. The molecule has 2 aliphatic rings. The number of rotatable bonds is 16. The van der Waals surface area contributed by atoms with E-state index >= 15 is 0 Å². The second kappa shape index (κ2) is 23.8. The molecule has 3 heterocycles. The van der Waals surface area contributed by atoms with E-state index in [2.05, 4.69) is 77.6 Å². The number of likely N-dealkylation sites (N-methyl/N-ethyl adjacent to an activating group) is 1. The molecule has 2 saturated heterocycles. The number of anilines is 3. The molecule has 0 bridgehead atoms. The summed E-state index contributed by atoms with van der Waals surface area (Å²) in [5, 5.41) is 3.29. The molecule has 49 heavy (non-hydrogen) atoms. The summed E-state index contributed by atoms with van der Waals surface area (Å²) in [5.41, 5.74) is 8.56. The maximum Gasteiger partial charge on any atom is 0.271 e. The topological polar surface area (TPSA) is 99.9 Å². The highest BCUT2D eigenvalue weighted by Gasteiger charge is 2.27. The van der Waals surface area contributed by atoms with Crippen molar-refractivity contribution in [3.05, 3.63) is 60.5 Å². The van der Waals surface area contributed by atoms with Crippen molar-refractivity contribution in [2.24, 2.45) is 5.73 Å². The fourth-order valence-corrected chi connectivity index (χ4v) is 6.14. The zero-order valence-electron chi connectivity index (χ0n) is 31.8. The van der Waals surface area contributed by atoms with Crippen molar-refractivity contribution >= 4 is 23.1 Å². The van der Waals surface area contributed by atoms with Crippen molar-refractivity contribution < 1.29 is 9.53 Å². The van der Waals surface area contributed by atoms with Crippen molar-refractivity contribution in [3.8, 4) is 5.88 Å². The Kier molecular flexibility index (Phi) is 20.3. The van der Waals surface area contributed by atoms with Crippen LogP contribution >= 0.6 is 0 Å². The Labute approximate surface area is 298 Å². The number of nitrogens with two attached hydrogens (primary N) is 1. The molecular formula is C40H67N7O2. The minimum atomic E-state index is -0.604. The number of carbonyl (C=O) groups is 1. The van der Waals surface area contributed by atoms with Crippen LogP contribution in [0.5, 0.6) is 5.88 Å². The Morgan fingerprint density at radius 3 is 2.20 bits per heavy atom. The summed E-state index contributed by atoms with van der Waals surface area (Å²) >= 11 is 0. The van der Waals surface area contributed by atoms with Crippen LogP contribution in [0.3, 0.4) is 0 Å². The number of unbranched alkanes of at least 4 members (excludes halogenated alkanes) is 2. The lowest BCUT2D eigenvalue weighted by atomic mass is 10.0. The number of aryl methyl sites for hydroxylation is 1. The van der Waals surface area contributed by atoms with Gasteiger partial charge in [-0.3, -0.25) is 9.69 Å². The number of amides is 1. The van der Waals surface area contributed by atoms with Gasteiger partial charge in [0.1, 0.15) is 11.8 Å². The fourth-order valence-electron chi connectivity index (χ4n) is 6.14. The van der Waals surface area contributed by atoms with Crippen molar-refractivity contribution in [2.75, 3.05) is 56.5 Å². The first-order chi connectivity index (χ1) is 23.8. The number of aromatic nitrogens is 2. The zero-order chi connectivity index (χ0) is 36.0. The second-order valence-corrected chi connectivity index (χ2v) is 12.7. The first-order valence-electron chi connectivity index (χ1n) is 19.0. The molecular weight excluding hydrogens is 610 g/mol. The largest absolute Gasteiger partial charge is 0.473 e. The predicted molar refractivity (Wildman–Crippen MR) is 208 cm³/mol. The van der Waals surface area contributed by atoms with Crippen LogP contribution in [0.2, 0.25) is 0 Å². The number of hydrogen-bond donors (Lipinski definition) is 2. The third kappa shape index (κ3) is 14.1. The highest BCUT2D eigenvalue weighted by Crippen LogP contribution is 2.29. The molecule has 3 N–H and O–H groups in total. The Bertz CT molecular complexity index is 1230. The molecule has 1 unspecified atom stereocenters. The molecule has 1 aromatic carbocycles. The summed E-state index contributed by atoms with van der Waals surface area (Å²) < 4.78 is 6.37. The van der Waals surface area contributed by atoms with Crippen molar-refractivity contribution in [2.45, 2.75) is 118 Å². The number of piperazine rings is 1. The predicted octanol–water partition coefficient (Wildman–Crippen LogP) is 8.39. The Morgan fingerprint density at radius 1 is 0.980 bits per heavy atom. The fraction of sp³-hybridized carbons (Fsp3) is 0.625. The minimum absolute atomic E-state index is 0.0801. The summed E-state index contributed by atoms with van der Waals surface area (Å²) in [4.78, 5) is 29.2. The van der Waals surface area contributed by atoms with Gasteiger partial charge in [0.15, 0.2) is 11.5 Å². The molecule has 0 aliphatic carbocycles. The molecule has 0 spiro atoms. The van der Waals surface area contributed by atoms with Crippen LogP contribution < -0.4 is 20.7 Å². The lowest BCUT2D eigenvalue weighted by Gasteiger charge is -2.42. The molecule has 2 fully saturated rings. The van der Waals surface area contributed by atoms with Gasteiger partial charge in [0.05, 0.1) is 0 Å². The van der Waals surface area contributed by atoms with Crippen LogP contribution in [0.4, 0.5) is 17.2 Å². The average molecular weight is 678 g/mol. The van der Waals surface area contributed by atoms with Gasteiger partial charge >= 0.3 is 0 Å². The van der Waals surface area contributed by atoms with E-state index in [9.17, 15) is 4.79 Å². The van der Waals surface area contributed by atoms with Crippen LogP contribution in [0.15, 0.2) is 49.1 Å². The van der Waals surface area contributed by atoms with E-state index in [4.69, 9.17) is 15.5 Å². The number of primary amides is 1. The van der Waals surface area contributed by atoms with E-state index in [1.165, 1.54) is 57.5 Å². The number of benzene rings is 1. The molecule has 4 rings (SSSR count). The van der Waals surface area contributed by atoms with Crippen molar-refractivity contribution in [1.82, 2.24) is 19.8 Å². The Morgan fingerprint density at radius 2 is 1.65 bits per heavy atom. The Hall–Kier alpha value is -3.43. The summed E-state index contributed by atoms with van der Waals surface area (Å²) in [5.74, 6) is 0.225. The lowest BCUT2D eigenvalue weighted by Crippen LogP contribution is -2.52. The van der Waals surface area contributed by atoms with E-state index in [1.807, 2.05) is 39.0 Å². The van der Waals surface area contributed by atoms with Gasteiger partial charge < -0.3 is 25.6 Å². The molecule has 0 radical (unpaired) electrons. The second-order valence-electron chi connectivity index (χ2n) is 12.7. The first kappa shape index (κ1) is 41.7. The minimum Gasteiger partial charge on any atom is -0.473 e. The summed E-state index contributed by atoms with van der Waals surface area (Å²) in [7, 11) is 2.21. The monoisotopic (exact) mass is 678 g/mol. The van der Waals surface area contributed by atoms with Crippen LogP contribution in [-0.4, -0.2) is 84.1 Å². The molecule has 1 amide bonds. The molecule has 0 saturated carbocycles. The molecule has 9 nitrogen and oxygen atoms in total. The summed E-state index contributed by atoms with van der Waals surface area (Å²) in [6, 6.07) is 9.02. The lowest BCUT2D eigenvalue weighted by molar-refractivity contribution is 0.0982. The molecule has 2 aromatic rings. The highest BCUT2D eigenvalue weighted by atomic mass is 16.5. The van der Waals surface area contributed by atoms with Gasteiger partial charge in [-0.25, -0.2) is 4.98 Å². The van der Waals surface area contributed by atoms with Crippen LogP contribution in [0.25, 0.3) is 0 Å². The third-order valence-electron chi connectivity index (χ3n) is 9.01. The Balaban J connectivity index is 0.000000824.